The van der Waals surface area contributed by atoms with Crippen molar-refractivity contribution in [3.63, 3.8) is 0 Å². The summed E-state index contributed by atoms with van der Waals surface area (Å²) in [5, 5.41) is 10.0. The molecule has 4 aliphatic heterocycles. The average Bonchev–Trinajstić information content (AvgIpc) is 3.17. The smallest absolute Gasteiger partial charge is 0.249 e. The molecule has 5 aliphatic rings. The minimum atomic E-state index is -1.20. The summed E-state index contributed by atoms with van der Waals surface area (Å²) in [6, 6.07) is -1.27. The fraction of sp³-hybridized carbons (Fsp3) is 0.731. The number of carbonyl (C=O) groups is 3. The van der Waals surface area contributed by atoms with Crippen LogP contribution in [0.4, 0.5) is 0 Å². The molecule has 8 heteroatoms. The molecule has 1 spiro atoms. The van der Waals surface area contributed by atoms with Gasteiger partial charge in [0.2, 0.25) is 17.7 Å². The van der Waals surface area contributed by atoms with Crippen molar-refractivity contribution >= 4 is 17.7 Å². The molecule has 186 valence electrons. The van der Waals surface area contributed by atoms with Crippen LogP contribution in [0.1, 0.15) is 52.4 Å². The molecule has 0 radical (unpaired) electrons. The van der Waals surface area contributed by atoms with Gasteiger partial charge in [0.05, 0.1) is 30.6 Å². The van der Waals surface area contributed by atoms with E-state index >= 15 is 0 Å². The van der Waals surface area contributed by atoms with Crippen LogP contribution in [0.5, 0.6) is 0 Å². The highest BCUT2D eigenvalue weighted by Crippen LogP contribution is 2.54. The van der Waals surface area contributed by atoms with Crippen LogP contribution in [0, 0.1) is 11.8 Å². The van der Waals surface area contributed by atoms with Crippen molar-refractivity contribution in [3.8, 4) is 0 Å². The molecular formula is C26H37N3O5. The number of carbonyl (C=O) groups excluding carboxylic acids is 3. The van der Waals surface area contributed by atoms with Crippen LogP contribution >= 0.6 is 0 Å². The number of hydrogen-bond acceptors (Lipinski definition) is 5. The van der Waals surface area contributed by atoms with Crippen LogP contribution in [0.25, 0.3) is 0 Å². The summed E-state index contributed by atoms with van der Waals surface area (Å²) in [5.41, 5.74) is -1.20. The van der Waals surface area contributed by atoms with E-state index in [1.165, 1.54) is 11.3 Å². The summed E-state index contributed by atoms with van der Waals surface area (Å²) < 4.78 is 6.63. The maximum absolute atomic E-state index is 14.2. The number of likely N-dealkylation sites (tertiary alicyclic amines) is 1. The van der Waals surface area contributed by atoms with Crippen LogP contribution in [0.15, 0.2) is 24.3 Å². The standard InChI is InChI=1S/C26H37N3O5/c1-3-13-27-14-7-11-19-20(23(27)31)21-24(32)29(17(2)16-30)22-25(33)28(18-9-5-4-6-10-18)15-8-12-26(21,22)34-19/h7-8,11-12,17-22,30H,3-6,9-10,13-16H2,1-2H3/t17-,19+,20-,21+,22?,26+/m1/s1. The molecule has 1 aliphatic carbocycles. The van der Waals surface area contributed by atoms with Crippen LogP contribution in [-0.2, 0) is 19.1 Å². The zero-order valence-electron chi connectivity index (χ0n) is 20.3. The van der Waals surface area contributed by atoms with Crippen LogP contribution < -0.4 is 0 Å². The Bertz CT molecular complexity index is 897. The molecule has 1 saturated carbocycles. The first-order valence-corrected chi connectivity index (χ1v) is 13.0. The monoisotopic (exact) mass is 471 g/mol. The third kappa shape index (κ3) is 3.44. The Kier molecular flexibility index (Phi) is 6.31. The Morgan fingerprint density at radius 2 is 1.85 bits per heavy atom. The second kappa shape index (κ2) is 9.11. The Morgan fingerprint density at radius 1 is 1.09 bits per heavy atom. The Hall–Kier alpha value is -2.19. The lowest BCUT2D eigenvalue weighted by Gasteiger charge is -2.40. The first-order chi connectivity index (χ1) is 16.4. The fourth-order valence-electron chi connectivity index (χ4n) is 6.90. The van der Waals surface area contributed by atoms with Gasteiger partial charge >= 0.3 is 0 Å². The SMILES string of the molecule is CCCN1CC=C[C@@H]2O[C@]34C=CCN(C5CCCCC5)C(=O)C3N([C@H](C)CO)C(=O)[C@@H]4[C@@H]2C1=O. The number of aliphatic hydroxyl groups excluding tert-OH is 1. The molecule has 4 heterocycles. The fourth-order valence-corrected chi connectivity index (χ4v) is 6.90. The van der Waals surface area contributed by atoms with E-state index in [2.05, 4.69) is 0 Å². The highest BCUT2D eigenvalue weighted by atomic mass is 16.5. The number of aliphatic hydroxyl groups is 1. The lowest BCUT2D eigenvalue weighted by atomic mass is 9.77. The first kappa shape index (κ1) is 23.5. The van der Waals surface area contributed by atoms with Gasteiger partial charge in [-0.15, -0.1) is 0 Å². The molecule has 1 N–H and O–H groups in total. The van der Waals surface area contributed by atoms with Crippen LogP contribution in [0.3, 0.4) is 0 Å². The van der Waals surface area contributed by atoms with E-state index in [9.17, 15) is 19.5 Å². The molecule has 0 bridgehead atoms. The van der Waals surface area contributed by atoms with Gasteiger partial charge in [0, 0.05) is 25.7 Å². The van der Waals surface area contributed by atoms with E-state index in [0.717, 1.165) is 32.1 Å². The molecular weight excluding hydrogens is 434 g/mol. The van der Waals surface area contributed by atoms with Gasteiger partial charge in [0.15, 0.2) is 0 Å². The quantitative estimate of drug-likeness (QED) is 0.614. The van der Waals surface area contributed by atoms with Gasteiger partial charge in [0.1, 0.15) is 11.6 Å². The topological polar surface area (TPSA) is 90.4 Å². The van der Waals surface area contributed by atoms with Crippen molar-refractivity contribution in [2.75, 3.05) is 26.2 Å². The number of fused-ring (bicyclic) bond motifs is 2. The molecule has 34 heavy (non-hydrogen) atoms. The molecule has 5 rings (SSSR count). The van der Waals surface area contributed by atoms with Crippen molar-refractivity contribution < 1.29 is 24.2 Å². The minimum Gasteiger partial charge on any atom is -0.394 e. The van der Waals surface area contributed by atoms with E-state index in [4.69, 9.17) is 4.74 Å². The van der Waals surface area contributed by atoms with Gasteiger partial charge in [-0.25, -0.2) is 0 Å². The van der Waals surface area contributed by atoms with E-state index in [0.29, 0.717) is 19.6 Å². The zero-order chi connectivity index (χ0) is 24.0. The molecule has 6 atom stereocenters. The first-order valence-electron chi connectivity index (χ1n) is 13.0. The second-order valence-electron chi connectivity index (χ2n) is 10.5. The van der Waals surface area contributed by atoms with Crippen molar-refractivity contribution in [1.82, 2.24) is 14.7 Å². The van der Waals surface area contributed by atoms with Crippen molar-refractivity contribution in [1.29, 1.82) is 0 Å². The van der Waals surface area contributed by atoms with Crippen LogP contribution in [-0.4, -0.2) is 93.6 Å². The maximum Gasteiger partial charge on any atom is 0.249 e. The molecule has 2 saturated heterocycles. The number of hydrogen-bond donors (Lipinski definition) is 1. The second-order valence-corrected chi connectivity index (χ2v) is 10.5. The Labute approximate surface area is 201 Å². The molecule has 1 unspecified atom stereocenters. The molecule has 0 aromatic rings. The average molecular weight is 472 g/mol. The Balaban J connectivity index is 1.58. The van der Waals surface area contributed by atoms with E-state index in [-0.39, 0.29) is 30.4 Å². The Morgan fingerprint density at radius 3 is 2.56 bits per heavy atom. The van der Waals surface area contributed by atoms with Gasteiger partial charge in [-0.05, 0) is 26.2 Å². The van der Waals surface area contributed by atoms with Gasteiger partial charge in [-0.1, -0.05) is 50.5 Å². The summed E-state index contributed by atoms with van der Waals surface area (Å²) in [6.45, 7) is 5.13. The van der Waals surface area contributed by atoms with Gasteiger partial charge in [0.25, 0.3) is 0 Å². The van der Waals surface area contributed by atoms with Gasteiger partial charge in [-0.3, -0.25) is 14.4 Å². The lowest BCUT2D eigenvalue weighted by Crippen LogP contribution is -2.59. The number of amides is 3. The van der Waals surface area contributed by atoms with E-state index in [1.807, 2.05) is 36.1 Å². The van der Waals surface area contributed by atoms with E-state index < -0.39 is 35.6 Å². The largest absolute Gasteiger partial charge is 0.394 e. The highest BCUT2D eigenvalue weighted by molar-refractivity contribution is 6.00. The summed E-state index contributed by atoms with van der Waals surface area (Å²) in [7, 11) is 0. The molecule has 8 nitrogen and oxygen atoms in total. The number of rotatable bonds is 5. The maximum atomic E-state index is 14.2. The number of ether oxygens (including phenoxy) is 1. The molecule has 0 aromatic heterocycles. The molecule has 0 aromatic carbocycles. The minimum absolute atomic E-state index is 0.0847. The lowest BCUT2D eigenvalue weighted by molar-refractivity contribution is -0.152. The number of nitrogens with zero attached hydrogens (tertiary/aromatic N) is 3. The predicted octanol–water partition coefficient (Wildman–Crippen LogP) is 1.49. The summed E-state index contributed by atoms with van der Waals surface area (Å²) >= 11 is 0. The summed E-state index contributed by atoms with van der Waals surface area (Å²) in [6.07, 6.45) is 13.3. The molecule has 3 amide bonds. The van der Waals surface area contributed by atoms with Crippen molar-refractivity contribution in [3.05, 3.63) is 24.3 Å². The van der Waals surface area contributed by atoms with Crippen molar-refractivity contribution in [2.45, 2.75) is 82.2 Å². The predicted molar refractivity (Wildman–Crippen MR) is 126 cm³/mol. The van der Waals surface area contributed by atoms with Crippen LogP contribution in [0.2, 0.25) is 0 Å². The highest BCUT2D eigenvalue weighted by Gasteiger charge is 2.72. The van der Waals surface area contributed by atoms with Crippen molar-refractivity contribution in [2.24, 2.45) is 11.8 Å². The third-order valence-corrected chi connectivity index (χ3v) is 8.46. The summed E-state index contributed by atoms with van der Waals surface area (Å²) in [4.78, 5) is 47.1. The van der Waals surface area contributed by atoms with Gasteiger partial charge < -0.3 is 24.5 Å². The summed E-state index contributed by atoms with van der Waals surface area (Å²) in [5.74, 6) is -1.92. The third-order valence-electron chi connectivity index (χ3n) is 8.46. The van der Waals surface area contributed by atoms with E-state index in [1.54, 1.807) is 11.8 Å². The zero-order valence-corrected chi connectivity index (χ0v) is 20.3. The molecule has 3 fully saturated rings. The normalized spacial score (nSPS) is 36.9. The van der Waals surface area contributed by atoms with Gasteiger partial charge in [-0.2, -0.15) is 0 Å².